The molecule has 1 aromatic rings. The van der Waals surface area contributed by atoms with Gasteiger partial charge in [-0.25, -0.2) is 4.98 Å². The Kier molecular flexibility index (Phi) is 4.29. The topological polar surface area (TPSA) is 38.9 Å². The van der Waals surface area contributed by atoms with Crippen LogP contribution in [0.5, 0.6) is 0 Å². The van der Waals surface area contributed by atoms with E-state index in [0.29, 0.717) is 0 Å². The molecule has 0 radical (unpaired) electrons. The minimum Gasteiger partial charge on any atom is -0.322 e. The molecule has 0 aliphatic carbocycles. The van der Waals surface area contributed by atoms with Crippen molar-refractivity contribution in [1.29, 1.82) is 0 Å². The third-order valence-corrected chi connectivity index (χ3v) is 3.45. The maximum atomic E-state index is 6.09. The zero-order valence-electron chi connectivity index (χ0n) is 10.2. The molecule has 3 heteroatoms. The predicted molar refractivity (Wildman–Crippen MR) is 67.3 cm³/mol. The number of hydrogen-bond donors (Lipinski definition) is 1. The molecule has 15 heavy (non-hydrogen) atoms. The number of unbranched alkanes of at least 4 members (excludes halogenated alkanes) is 1. The number of aromatic nitrogens is 1. The molecule has 0 fully saturated rings. The van der Waals surface area contributed by atoms with Crippen molar-refractivity contribution in [3.05, 3.63) is 16.1 Å². The van der Waals surface area contributed by atoms with Gasteiger partial charge in [-0.2, -0.15) is 0 Å². The lowest BCUT2D eigenvalue weighted by Crippen LogP contribution is -2.14. The summed E-state index contributed by atoms with van der Waals surface area (Å²) in [5.74, 6) is 0. The van der Waals surface area contributed by atoms with Gasteiger partial charge < -0.3 is 5.73 Å². The summed E-state index contributed by atoms with van der Waals surface area (Å²) in [5.41, 5.74) is 7.39. The Morgan fingerprint density at radius 2 is 2.13 bits per heavy atom. The standard InChI is InChI=1S/C12H22N2S/c1-5-6-7-9(13)11-14-10(8-15-11)12(2,3)4/h8-9H,5-7,13H2,1-4H3. The number of thiazole rings is 1. The largest absolute Gasteiger partial charge is 0.322 e. The molecule has 0 saturated heterocycles. The van der Waals surface area contributed by atoms with Crippen LogP contribution in [0.25, 0.3) is 0 Å². The van der Waals surface area contributed by atoms with E-state index in [9.17, 15) is 0 Å². The Morgan fingerprint density at radius 3 is 2.60 bits per heavy atom. The summed E-state index contributed by atoms with van der Waals surface area (Å²) in [6.07, 6.45) is 3.43. The van der Waals surface area contributed by atoms with Crippen LogP contribution in [0.4, 0.5) is 0 Å². The lowest BCUT2D eigenvalue weighted by molar-refractivity contribution is 0.558. The van der Waals surface area contributed by atoms with Gasteiger partial charge in [0.2, 0.25) is 0 Å². The Bertz CT molecular complexity index is 299. The maximum Gasteiger partial charge on any atom is 0.110 e. The van der Waals surface area contributed by atoms with Crippen LogP contribution in [0, 0.1) is 0 Å². The fourth-order valence-electron chi connectivity index (χ4n) is 1.35. The van der Waals surface area contributed by atoms with E-state index in [2.05, 4.69) is 38.1 Å². The number of hydrogen-bond acceptors (Lipinski definition) is 3. The van der Waals surface area contributed by atoms with Crippen molar-refractivity contribution >= 4 is 11.3 Å². The van der Waals surface area contributed by atoms with E-state index in [0.717, 1.165) is 17.1 Å². The van der Waals surface area contributed by atoms with Crippen molar-refractivity contribution in [3.63, 3.8) is 0 Å². The highest BCUT2D eigenvalue weighted by molar-refractivity contribution is 7.09. The van der Waals surface area contributed by atoms with Crippen LogP contribution in [0.2, 0.25) is 0 Å². The molecular formula is C12H22N2S. The van der Waals surface area contributed by atoms with Crippen LogP contribution < -0.4 is 5.73 Å². The van der Waals surface area contributed by atoms with Gasteiger partial charge in [-0.05, 0) is 6.42 Å². The average molecular weight is 226 g/mol. The fourth-order valence-corrected chi connectivity index (χ4v) is 2.43. The van der Waals surface area contributed by atoms with Crippen molar-refractivity contribution in [3.8, 4) is 0 Å². The molecule has 1 atom stereocenters. The third kappa shape index (κ3) is 3.58. The molecule has 1 heterocycles. The van der Waals surface area contributed by atoms with E-state index in [-0.39, 0.29) is 11.5 Å². The van der Waals surface area contributed by atoms with Crippen LogP contribution in [0.15, 0.2) is 5.38 Å². The van der Waals surface area contributed by atoms with E-state index in [4.69, 9.17) is 5.73 Å². The summed E-state index contributed by atoms with van der Waals surface area (Å²) < 4.78 is 0. The van der Waals surface area contributed by atoms with Crippen LogP contribution in [0.1, 0.15) is 63.7 Å². The SMILES string of the molecule is CCCCC(N)c1nc(C(C)(C)C)cs1. The highest BCUT2D eigenvalue weighted by Gasteiger charge is 2.19. The van der Waals surface area contributed by atoms with Crippen molar-refractivity contribution in [2.75, 3.05) is 0 Å². The van der Waals surface area contributed by atoms with Gasteiger partial charge in [0.15, 0.2) is 0 Å². The first-order chi connectivity index (χ1) is 6.95. The van der Waals surface area contributed by atoms with Gasteiger partial charge in [0.25, 0.3) is 0 Å². The second kappa shape index (κ2) is 5.08. The molecular weight excluding hydrogens is 204 g/mol. The van der Waals surface area contributed by atoms with Crippen LogP contribution >= 0.6 is 11.3 Å². The lowest BCUT2D eigenvalue weighted by Gasteiger charge is -2.14. The molecule has 2 N–H and O–H groups in total. The van der Waals surface area contributed by atoms with Gasteiger partial charge in [0.05, 0.1) is 11.7 Å². The monoisotopic (exact) mass is 226 g/mol. The lowest BCUT2D eigenvalue weighted by atomic mass is 9.93. The molecule has 0 aliphatic rings. The van der Waals surface area contributed by atoms with Crippen LogP contribution in [-0.2, 0) is 5.41 Å². The van der Waals surface area contributed by atoms with Crippen molar-refractivity contribution < 1.29 is 0 Å². The normalized spacial score (nSPS) is 14.2. The highest BCUT2D eigenvalue weighted by Crippen LogP contribution is 2.27. The predicted octanol–water partition coefficient (Wildman–Crippen LogP) is 3.63. The summed E-state index contributed by atoms with van der Waals surface area (Å²) in [5, 5.41) is 3.23. The van der Waals surface area contributed by atoms with E-state index in [1.54, 1.807) is 11.3 Å². The summed E-state index contributed by atoms with van der Waals surface area (Å²) >= 11 is 1.70. The van der Waals surface area contributed by atoms with Crippen molar-refractivity contribution in [1.82, 2.24) is 4.98 Å². The molecule has 1 rings (SSSR count). The molecule has 0 bridgehead atoms. The summed E-state index contributed by atoms with van der Waals surface area (Å²) in [6, 6.07) is 0.131. The Labute approximate surface area is 96.9 Å². The summed E-state index contributed by atoms with van der Waals surface area (Å²) in [6.45, 7) is 8.74. The molecule has 1 aromatic heterocycles. The highest BCUT2D eigenvalue weighted by atomic mass is 32.1. The van der Waals surface area contributed by atoms with Gasteiger partial charge in [-0.15, -0.1) is 11.3 Å². The van der Waals surface area contributed by atoms with Gasteiger partial charge in [-0.3, -0.25) is 0 Å². The average Bonchev–Trinajstić information content (AvgIpc) is 2.62. The third-order valence-electron chi connectivity index (χ3n) is 2.48. The zero-order chi connectivity index (χ0) is 11.5. The molecule has 0 saturated carbocycles. The quantitative estimate of drug-likeness (QED) is 0.851. The number of rotatable bonds is 4. The Morgan fingerprint density at radius 1 is 1.47 bits per heavy atom. The van der Waals surface area contributed by atoms with Crippen molar-refractivity contribution in [2.45, 2.75) is 58.4 Å². The van der Waals surface area contributed by atoms with E-state index >= 15 is 0 Å². The molecule has 86 valence electrons. The van der Waals surface area contributed by atoms with Gasteiger partial charge in [0.1, 0.15) is 5.01 Å². The molecule has 0 aliphatic heterocycles. The summed E-state index contributed by atoms with van der Waals surface area (Å²) in [4.78, 5) is 4.63. The molecule has 0 spiro atoms. The van der Waals surface area contributed by atoms with Crippen LogP contribution in [-0.4, -0.2) is 4.98 Å². The van der Waals surface area contributed by atoms with Gasteiger partial charge in [0, 0.05) is 10.8 Å². The first-order valence-corrected chi connectivity index (χ1v) is 6.54. The minimum absolute atomic E-state index is 0.131. The van der Waals surface area contributed by atoms with E-state index in [1.807, 2.05) is 0 Å². The molecule has 0 aromatic carbocycles. The Balaban J connectivity index is 2.67. The molecule has 1 unspecified atom stereocenters. The second-order valence-corrected chi connectivity index (χ2v) is 5.96. The minimum atomic E-state index is 0.131. The van der Waals surface area contributed by atoms with Gasteiger partial charge in [-0.1, -0.05) is 40.5 Å². The fraction of sp³-hybridized carbons (Fsp3) is 0.750. The van der Waals surface area contributed by atoms with E-state index < -0.39 is 0 Å². The first kappa shape index (κ1) is 12.7. The summed E-state index contributed by atoms with van der Waals surface area (Å²) in [7, 11) is 0. The number of nitrogens with zero attached hydrogens (tertiary/aromatic N) is 1. The zero-order valence-corrected chi connectivity index (χ0v) is 11.0. The van der Waals surface area contributed by atoms with E-state index in [1.165, 1.54) is 12.8 Å². The maximum absolute atomic E-state index is 6.09. The second-order valence-electron chi connectivity index (χ2n) is 5.07. The smallest absolute Gasteiger partial charge is 0.110 e. The molecule has 2 nitrogen and oxygen atoms in total. The molecule has 0 amide bonds. The first-order valence-electron chi connectivity index (χ1n) is 5.66. The van der Waals surface area contributed by atoms with Gasteiger partial charge >= 0.3 is 0 Å². The van der Waals surface area contributed by atoms with Crippen LogP contribution in [0.3, 0.4) is 0 Å². The number of nitrogens with two attached hydrogens (primary N) is 1. The van der Waals surface area contributed by atoms with Crippen molar-refractivity contribution in [2.24, 2.45) is 5.73 Å². The Hall–Kier alpha value is -0.410.